The number of ether oxygens (including phenoxy) is 2. The summed E-state index contributed by atoms with van der Waals surface area (Å²) in [6.07, 6.45) is 4.25. The van der Waals surface area contributed by atoms with Crippen LogP contribution < -0.4 is 19.1 Å². The topological polar surface area (TPSA) is 88.2 Å². The third-order valence-corrected chi connectivity index (χ3v) is 9.34. The summed E-state index contributed by atoms with van der Waals surface area (Å²) in [4.78, 5) is 15.3. The number of likely N-dealkylation sites (tertiary alicyclic amines) is 1. The zero-order valence-electron chi connectivity index (χ0n) is 19.8. The van der Waals surface area contributed by atoms with E-state index in [1.54, 1.807) is 24.3 Å². The Bertz CT molecular complexity index is 1220. The van der Waals surface area contributed by atoms with Gasteiger partial charge >= 0.3 is 0 Å². The fraction of sp³-hybridized carbons (Fsp3) is 0.480. The van der Waals surface area contributed by atoms with E-state index in [4.69, 9.17) is 9.47 Å². The van der Waals surface area contributed by atoms with Crippen LogP contribution in [0.1, 0.15) is 37.7 Å². The van der Waals surface area contributed by atoms with E-state index in [2.05, 4.69) is 17.3 Å². The predicted octanol–water partition coefficient (Wildman–Crippen LogP) is 3.37. The van der Waals surface area contributed by atoms with E-state index in [0.717, 1.165) is 50.8 Å². The summed E-state index contributed by atoms with van der Waals surface area (Å²) in [7, 11) is 1.16. The van der Waals surface area contributed by atoms with Crippen molar-refractivity contribution >= 4 is 27.3 Å². The van der Waals surface area contributed by atoms with Crippen LogP contribution in [-0.4, -0.2) is 59.6 Å². The van der Waals surface area contributed by atoms with Crippen LogP contribution >= 0.6 is 0 Å². The second-order valence-electron chi connectivity index (χ2n) is 9.50. The highest BCUT2D eigenvalue weighted by atomic mass is 32.2. The molecule has 5 rings (SSSR count). The second-order valence-corrected chi connectivity index (χ2v) is 11.4. The number of anilines is 2. The molecule has 1 saturated carbocycles. The van der Waals surface area contributed by atoms with Gasteiger partial charge in [0.2, 0.25) is 5.91 Å². The van der Waals surface area contributed by atoms with Gasteiger partial charge in [0.05, 0.1) is 23.9 Å². The van der Waals surface area contributed by atoms with Crippen molar-refractivity contribution in [2.45, 2.75) is 48.5 Å². The number of benzene rings is 2. The quantitative estimate of drug-likeness (QED) is 0.675. The zero-order valence-corrected chi connectivity index (χ0v) is 20.7. The van der Waals surface area contributed by atoms with Crippen molar-refractivity contribution in [1.29, 1.82) is 0 Å². The molecule has 3 aliphatic rings. The molecule has 1 amide bonds. The maximum atomic E-state index is 13.6. The standard InChI is InChI=1S/C25H31N3O5S/c1-27-13-9-18(10-14-27)33-21-16-17(15-19-23(21)26-24(29)25(19)11-6-12-25)28(2)34(30,31)22-8-5-4-7-20(22)32-3/h4-5,7-8,15-16,18H,6,9-14H2,1-3H3,(H,26,29). The maximum Gasteiger partial charge on any atom is 0.267 e. The van der Waals surface area contributed by atoms with Gasteiger partial charge in [-0.2, -0.15) is 0 Å². The van der Waals surface area contributed by atoms with Gasteiger partial charge in [-0.1, -0.05) is 18.6 Å². The van der Waals surface area contributed by atoms with Crippen LogP contribution in [0.15, 0.2) is 41.3 Å². The highest BCUT2D eigenvalue weighted by Gasteiger charge is 2.52. The molecule has 1 aliphatic carbocycles. The van der Waals surface area contributed by atoms with Crippen LogP contribution in [0.4, 0.5) is 11.4 Å². The molecular weight excluding hydrogens is 454 g/mol. The molecule has 1 saturated heterocycles. The minimum absolute atomic E-state index is 0.0153. The molecule has 0 unspecified atom stereocenters. The van der Waals surface area contributed by atoms with E-state index in [9.17, 15) is 13.2 Å². The lowest BCUT2D eigenvalue weighted by Gasteiger charge is -2.36. The van der Waals surface area contributed by atoms with Crippen LogP contribution in [0.25, 0.3) is 0 Å². The van der Waals surface area contributed by atoms with E-state index < -0.39 is 15.4 Å². The number of nitrogens with one attached hydrogen (secondary N) is 1. The average molecular weight is 486 g/mol. The summed E-state index contributed by atoms with van der Waals surface area (Å²) in [6, 6.07) is 10.1. The van der Waals surface area contributed by atoms with Gasteiger partial charge in [-0.25, -0.2) is 8.42 Å². The monoisotopic (exact) mass is 485 g/mol. The van der Waals surface area contributed by atoms with Crippen LogP contribution in [-0.2, 0) is 20.2 Å². The Morgan fingerprint density at radius 3 is 2.47 bits per heavy atom. The number of para-hydroxylation sites is 1. The first-order valence-electron chi connectivity index (χ1n) is 11.7. The van der Waals surface area contributed by atoms with E-state index in [-0.39, 0.29) is 22.7 Å². The lowest BCUT2D eigenvalue weighted by molar-refractivity contribution is -0.123. The molecule has 1 N–H and O–H groups in total. The van der Waals surface area contributed by atoms with Crippen molar-refractivity contribution in [3.63, 3.8) is 0 Å². The summed E-state index contributed by atoms with van der Waals surface area (Å²) in [5.41, 5.74) is 1.41. The number of nitrogens with zero attached hydrogens (tertiary/aromatic N) is 2. The van der Waals surface area contributed by atoms with Gasteiger partial charge in [0.25, 0.3) is 10.0 Å². The Hall–Kier alpha value is -2.78. The number of methoxy groups -OCH3 is 1. The van der Waals surface area contributed by atoms with Crippen LogP contribution in [0.3, 0.4) is 0 Å². The van der Waals surface area contributed by atoms with Crippen LogP contribution in [0.2, 0.25) is 0 Å². The molecule has 2 fully saturated rings. The number of carbonyl (C=O) groups excluding carboxylic acids is 1. The third kappa shape index (κ3) is 3.62. The Kier molecular flexibility index (Phi) is 5.72. The summed E-state index contributed by atoms with van der Waals surface area (Å²) in [6.45, 7) is 1.87. The van der Waals surface area contributed by atoms with Gasteiger partial charge in [-0.15, -0.1) is 0 Å². The van der Waals surface area contributed by atoms with E-state index in [1.165, 1.54) is 24.5 Å². The normalized spacial score (nSPS) is 19.9. The van der Waals surface area contributed by atoms with Crippen molar-refractivity contribution in [2.75, 3.05) is 43.9 Å². The smallest absolute Gasteiger partial charge is 0.267 e. The number of amides is 1. The Labute approximate surface area is 200 Å². The third-order valence-electron chi connectivity index (χ3n) is 7.51. The number of sulfonamides is 1. The molecule has 2 aromatic rings. The molecule has 2 aromatic carbocycles. The molecule has 2 heterocycles. The molecule has 0 radical (unpaired) electrons. The molecule has 9 heteroatoms. The average Bonchev–Trinajstić information content (AvgIpc) is 3.12. The summed E-state index contributed by atoms with van der Waals surface area (Å²) >= 11 is 0. The number of fused-ring (bicyclic) bond motifs is 2. The fourth-order valence-corrected chi connectivity index (χ4v) is 6.50. The number of hydrogen-bond acceptors (Lipinski definition) is 6. The lowest BCUT2D eigenvalue weighted by Crippen LogP contribution is -2.40. The van der Waals surface area contributed by atoms with Gasteiger partial charge in [-0.3, -0.25) is 9.10 Å². The van der Waals surface area contributed by atoms with E-state index >= 15 is 0 Å². The van der Waals surface area contributed by atoms with Crippen LogP contribution in [0, 0.1) is 0 Å². The van der Waals surface area contributed by atoms with Gasteiger partial charge in [0, 0.05) is 26.2 Å². The Balaban J connectivity index is 1.57. The Morgan fingerprint density at radius 1 is 1.12 bits per heavy atom. The fourth-order valence-electron chi connectivity index (χ4n) is 5.16. The first kappa shape index (κ1) is 23.0. The number of rotatable bonds is 6. The van der Waals surface area contributed by atoms with Crippen molar-refractivity contribution in [2.24, 2.45) is 0 Å². The van der Waals surface area contributed by atoms with Crippen molar-refractivity contribution in [1.82, 2.24) is 4.90 Å². The second kappa shape index (κ2) is 8.46. The van der Waals surface area contributed by atoms with Crippen molar-refractivity contribution < 1.29 is 22.7 Å². The molecule has 1 spiro atoms. The largest absolute Gasteiger partial charge is 0.495 e. The SMILES string of the molecule is COc1ccccc1S(=O)(=O)N(C)c1cc(OC2CCN(C)CC2)c2c(c1)C1(CCC1)C(=O)N2. The summed E-state index contributed by atoms with van der Waals surface area (Å²) in [5, 5.41) is 3.05. The van der Waals surface area contributed by atoms with Gasteiger partial charge < -0.3 is 19.7 Å². The molecule has 2 aliphatic heterocycles. The first-order chi connectivity index (χ1) is 16.3. The molecule has 0 bridgehead atoms. The highest BCUT2D eigenvalue weighted by molar-refractivity contribution is 7.92. The molecule has 0 atom stereocenters. The van der Waals surface area contributed by atoms with Gasteiger partial charge in [0.1, 0.15) is 22.5 Å². The summed E-state index contributed by atoms with van der Waals surface area (Å²) < 4.78 is 40.1. The van der Waals surface area contributed by atoms with Gasteiger partial charge in [-0.05, 0) is 56.5 Å². The van der Waals surface area contributed by atoms with Crippen molar-refractivity contribution in [3.8, 4) is 11.5 Å². The molecule has 0 aromatic heterocycles. The zero-order chi connectivity index (χ0) is 24.1. The lowest BCUT2D eigenvalue weighted by atomic mass is 9.65. The Morgan fingerprint density at radius 2 is 1.82 bits per heavy atom. The number of hydrogen-bond donors (Lipinski definition) is 1. The van der Waals surface area contributed by atoms with Crippen molar-refractivity contribution in [3.05, 3.63) is 42.0 Å². The van der Waals surface area contributed by atoms with Crippen LogP contribution in [0.5, 0.6) is 11.5 Å². The van der Waals surface area contributed by atoms with Gasteiger partial charge in [0.15, 0.2) is 0 Å². The molecule has 182 valence electrons. The first-order valence-corrected chi connectivity index (χ1v) is 13.2. The minimum atomic E-state index is -3.91. The number of piperidine rings is 1. The minimum Gasteiger partial charge on any atom is -0.495 e. The molecule has 8 nitrogen and oxygen atoms in total. The van der Waals surface area contributed by atoms with E-state index in [1.807, 2.05) is 6.07 Å². The predicted molar refractivity (Wildman–Crippen MR) is 130 cm³/mol. The van der Waals surface area contributed by atoms with E-state index in [0.29, 0.717) is 17.1 Å². The summed E-state index contributed by atoms with van der Waals surface area (Å²) in [5.74, 6) is 0.807. The molecular formula is C25H31N3O5S. The maximum absolute atomic E-state index is 13.6. The number of carbonyl (C=O) groups is 1. The highest BCUT2D eigenvalue weighted by Crippen LogP contribution is 2.55. The molecule has 34 heavy (non-hydrogen) atoms.